The molecule has 0 bridgehead atoms. The van der Waals surface area contributed by atoms with E-state index in [0.717, 1.165) is 32.7 Å². The maximum atomic E-state index is 4.20. The molecule has 3 heteroatoms. The smallest absolute Gasteiger partial charge is 0.0426 e. The van der Waals surface area contributed by atoms with Crippen LogP contribution in [-0.2, 0) is 6.54 Å². The molecule has 0 saturated carbocycles. The molecule has 1 aromatic carbocycles. The van der Waals surface area contributed by atoms with Crippen LogP contribution in [-0.4, -0.2) is 36.1 Å². The molecule has 110 valence electrons. The highest BCUT2D eigenvalue weighted by Crippen LogP contribution is 2.25. The Morgan fingerprint density at radius 3 is 2.29 bits per heavy atom. The lowest BCUT2D eigenvalue weighted by molar-refractivity contribution is 0.249. The van der Waals surface area contributed by atoms with Crippen molar-refractivity contribution >= 4 is 5.69 Å². The molecular formula is C18H23N3. The molecule has 0 amide bonds. The summed E-state index contributed by atoms with van der Waals surface area (Å²) in [5.74, 6) is 0. The molecule has 1 aromatic heterocycles. The molecule has 0 atom stereocenters. The largest absolute Gasteiger partial charge is 0.369 e. The van der Waals surface area contributed by atoms with Crippen LogP contribution in [0.15, 0.2) is 42.7 Å². The maximum Gasteiger partial charge on any atom is 0.0426 e. The first-order valence-corrected chi connectivity index (χ1v) is 7.66. The second-order valence-corrected chi connectivity index (χ2v) is 5.86. The molecule has 0 aliphatic carbocycles. The first-order valence-electron chi connectivity index (χ1n) is 7.66. The van der Waals surface area contributed by atoms with Gasteiger partial charge < -0.3 is 4.90 Å². The molecule has 0 unspecified atom stereocenters. The molecule has 2 aromatic rings. The monoisotopic (exact) mass is 281 g/mol. The van der Waals surface area contributed by atoms with E-state index in [1.165, 1.54) is 22.4 Å². The number of hydrogen-bond donors (Lipinski definition) is 0. The number of pyridine rings is 1. The number of hydrogen-bond acceptors (Lipinski definition) is 3. The molecule has 1 fully saturated rings. The van der Waals surface area contributed by atoms with Gasteiger partial charge in [0.2, 0.25) is 0 Å². The predicted molar refractivity (Wildman–Crippen MR) is 87.6 cm³/mol. The van der Waals surface area contributed by atoms with Crippen LogP contribution in [0.25, 0.3) is 0 Å². The molecule has 2 heterocycles. The third kappa shape index (κ3) is 3.24. The third-order valence-corrected chi connectivity index (χ3v) is 4.26. The minimum Gasteiger partial charge on any atom is -0.369 e. The summed E-state index contributed by atoms with van der Waals surface area (Å²) in [6.45, 7) is 9.87. The summed E-state index contributed by atoms with van der Waals surface area (Å²) in [6, 6.07) is 10.7. The zero-order valence-electron chi connectivity index (χ0n) is 12.9. The van der Waals surface area contributed by atoms with E-state index in [1.54, 1.807) is 0 Å². The number of anilines is 1. The van der Waals surface area contributed by atoms with E-state index in [2.05, 4.69) is 52.9 Å². The Balaban J connectivity index is 1.63. The molecule has 1 aliphatic rings. The van der Waals surface area contributed by atoms with Crippen molar-refractivity contribution in [2.45, 2.75) is 20.4 Å². The van der Waals surface area contributed by atoms with Crippen LogP contribution in [0.3, 0.4) is 0 Å². The van der Waals surface area contributed by atoms with E-state index in [4.69, 9.17) is 0 Å². The van der Waals surface area contributed by atoms with E-state index in [9.17, 15) is 0 Å². The summed E-state index contributed by atoms with van der Waals surface area (Å²) >= 11 is 0. The van der Waals surface area contributed by atoms with Crippen LogP contribution < -0.4 is 4.90 Å². The van der Waals surface area contributed by atoms with Gasteiger partial charge in [0.15, 0.2) is 0 Å². The van der Waals surface area contributed by atoms with Crippen molar-refractivity contribution in [3.63, 3.8) is 0 Å². The van der Waals surface area contributed by atoms with E-state index in [-0.39, 0.29) is 0 Å². The Hall–Kier alpha value is -1.87. The predicted octanol–water partition coefficient (Wildman–Crippen LogP) is 3.02. The first kappa shape index (κ1) is 14.1. The van der Waals surface area contributed by atoms with Crippen LogP contribution in [0.1, 0.15) is 16.7 Å². The Morgan fingerprint density at radius 1 is 0.952 bits per heavy atom. The van der Waals surface area contributed by atoms with Gasteiger partial charge in [0.1, 0.15) is 0 Å². The molecule has 21 heavy (non-hydrogen) atoms. The van der Waals surface area contributed by atoms with Gasteiger partial charge in [-0.3, -0.25) is 9.88 Å². The fourth-order valence-electron chi connectivity index (χ4n) is 3.18. The molecular weight excluding hydrogens is 258 g/mol. The number of piperazine rings is 1. The van der Waals surface area contributed by atoms with Crippen LogP contribution in [0.2, 0.25) is 0 Å². The standard InChI is InChI=1S/C18H23N3/c1-15-5-3-6-16(2)18(15)21-11-9-20(10-12-21)14-17-7-4-8-19-13-17/h3-8,13H,9-12,14H2,1-2H3. The normalized spacial score (nSPS) is 16.2. The number of aromatic nitrogens is 1. The highest BCUT2D eigenvalue weighted by Gasteiger charge is 2.19. The lowest BCUT2D eigenvalue weighted by Crippen LogP contribution is -2.46. The maximum absolute atomic E-state index is 4.20. The fraction of sp³-hybridized carbons (Fsp3) is 0.389. The van der Waals surface area contributed by atoms with Crippen LogP contribution in [0.5, 0.6) is 0 Å². The minimum atomic E-state index is 1.01. The van der Waals surface area contributed by atoms with Crippen molar-refractivity contribution in [2.24, 2.45) is 0 Å². The molecule has 3 nitrogen and oxygen atoms in total. The van der Waals surface area contributed by atoms with E-state index in [1.807, 2.05) is 18.5 Å². The number of para-hydroxylation sites is 1. The molecule has 1 saturated heterocycles. The quantitative estimate of drug-likeness (QED) is 0.862. The van der Waals surface area contributed by atoms with Crippen molar-refractivity contribution in [3.8, 4) is 0 Å². The first-order chi connectivity index (χ1) is 10.2. The molecule has 1 aliphatic heterocycles. The van der Waals surface area contributed by atoms with E-state index >= 15 is 0 Å². The highest BCUT2D eigenvalue weighted by molar-refractivity contribution is 5.59. The summed E-state index contributed by atoms with van der Waals surface area (Å²) < 4.78 is 0. The number of nitrogens with zero attached hydrogens (tertiary/aromatic N) is 3. The lowest BCUT2D eigenvalue weighted by Gasteiger charge is -2.37. The highest BCUT2D eigenvalue weighted by atomic mass is 15.3. The fourth-order valence-corrected chi connectivity index (χ4v) is 3.18. The molecule has 3 rings (SSSR count). The van der Waals surface area contributed by atoms with Gasteiger partial charge in [0.05, 0.1) is 0 Å². The zero-order valence-corrected chi connectivity index (χ0v) is 12.9. The summed E-state index contributed by atoms with van der Waals surface area (Å²) in [4.78, 5) is 9.25. The summed E-state index contributed by atoms with van der Waals surface area (Å²) in [6.07, 6.45) is 3.81. The Kier molecular flexibility index (Phi) is 4.20. The van der Waals surface area contributed by atoms with Gasteiger partial charge in [-0.15, -0.1) is 0 Å². The Bertz CT molecular complexity index is 566. The number of benzene rings is 1. The second kappa shape index (κ2) is 6.27. The average Bonchev–Trinajstić information content (AvgIpc) is 2.50. The Labute approximate surface area is 127 Å². The molecule has 0 N–H and O–H groups in total. The SMILES string of the molecule is Cc1cccc(C)c1N1CCN(Cc2cccnc2)CC1. The summed E-state index contributed by atoms with van der Waals surface area (Å²) in [5.41, 5.74) is 5.50. The molecule has 0 spiro atoms. The van der Waals surface area contributed by atoms with Crippen molar-refractivity contribution in [1.82, 2.24) is 9.88 Å². The van der Waals surface area contributed by atoms with Gasteiger partial charge in [0.25, 0.3) is 0 Å². The Morgan fingerprint density at radius 2 is 1.67 bits per heavy atom. The van der Waals surface area contributed by atoms with Crippen molar-refractivity contribution < 1.29 is 0 Å². The minimum absolute atomic E-state index is 1.01. The topological polar surface area (TPSA) is 19.4 Å². The average molecular weight is 281 g/mol. The zero-order chi connectivity index (χ0) is 14.7. The van der Waals surface area contributed by atoms with Crippen molar-refractivity contribution in [1.29, 1.82) is 0 Å². The number of rotatable bonds is 3. The van der Waals surface area contributed by atoms with Crippen LogP contribution in [0.4, 0.5) is 5.69 Å². The van der Waals surface area contributed by atoms with Gasteiger partial charge in [-0.1, -0.05) is 24.3 Å². The van der Waals surface area contributed by atoms with Gasteiger partial charge in [-0.2, -0.15) is 0 Å². The number of aryl methyl sites for hydroxylation is 2. The van der Waals surface area contributed by atoms with Crippen molar-refractivity contribution in [3.05, 3.63) is 59.4 Å². The summed E-state index contributed by atoms with van der Waals surface area (Å²) in [5, 5.41) is 0. The van der Waals surface area contributed by atoms with Crippen molar-refractivity contribution in [2.75, 3.05) is 31.1 Å². The van der Waals surface area contributed by atoms with Gasteiger partial charge in [0, 0.05) is 50.8 Å². The second-order valence-electron chi connectivity index (χ2n) is 5.86. The third-order valence-electron chi connectivity index (χ3n) is 4.26. The lowest BCUT2D eigenvalue weighted by atomic mass is 10.1. The van der Waals surface area contributed by atoms with Crippen LogP contribution >= 0.6 is 0 Å². The van der Waals surface area contributed by atoms with Crippen LogP contribution in [0, 0.1) is 13.8 Å². The summed E-state index contributed by atoms with van der Waals surface area (Å²) in [7, 11) is 0. The van der Waals surface area contributed by atoms with E-state index in [0.29, 0.717) is 0 Å². The van der Waals surface area contributed by atoms with Gasteiger partial charge >= 0.3 is 0 Å². The van der Waals surface area contributed by atoms with Gasteiger partial charge in [-0.25, -0.2) is 0 Å². The van der Waals surface area contributed by atoms with Gasteiger partial charge in [-0.05, 0) is 36.6 Å². The van der Waals surface area contributed by atoms with E-state index < -0.39 is 0 Å². The molecule has 0 radical (unpaired) electrons.